The molecule has 1 saturated carbocycles. The second-order valence-electron chi connectivity index (χ2n) is 5.11. The highest BCUT2D eigenvalue weighted by molar-refractivity contribution is 5.22. The van der Waals surface area contributed by atoms with Crippen LogP contribution in [0.5, 0.6) is 0 Å². The van der Waals surface area contributed by atoms with Crippen LogP contribution in [0.15, 0.2) is 11.1 Å². The number of allylic oxidation sites excluding steroid dienone is 1. The average Bonchev–Trinajstić information content (AvgIpc) is 2.43. The van der Waals surface area contributed by atoms with Crippen LogP contribution in [0.4, 0.5) is 0 Å². The van der Waals surface area contributed by atoms with Crippen molar-refractivity contribution in [3.63, 3.8) is 0 Å². The Hall–Kier alpha value is -0.300. The van der Waals surface area contributed by atoms with Crippen LogP contribution in [0.3, 0.4) is 0 Å². The van der Waals surface area contributed by atoms with Gasteiger partial charge in [0.1, 0.15) is 0 Å². The zero-order chi connectivity index (χ0) is 9.47. The lowest BCUT2D eigenvalue weighted by Crippen LogP contribution is -2.23. The van der Waals surface area contributed by atoms with E-state index in [4.69, 9.17) is 0 Å². The molecule has 2 rings (SSSR count). The Morgan fingerprint density at radius 2 is 2.15 bits per heavy atom. The molecule has 1 nitrogen and oxygen atoms in total. The van der Waals surface area contributed by atoms with E-state index in [9.17, 15) is 5.11 Å². The van der Waals surface area contributed by atoms with E-state index in [2.05, 4.69) is 6.92 Å². The zero-order valence-corrected chi connectivity index (χ0v) is 8.77. The summed E-state index contributed by atoms with van der Waals surface area (Å²) in [6, 6.07) is 0. The molecule has 2 aliphatic rings. The Morgan fingerprint density at radius 3 is 2.92 bits per heavy atom. The summed E-state index contributed by atoms with van der Waals surface area (Å²) in [6.07, 6.45) is 7.13. The third-order valence-electron chi connectivity index (χ3n) is 3.72. The molecule has 1 fully saturated rings. The van der Waals surface area contributed by atoms with Gasteiger partial charge in [-0.2, -0.15) is 0 Å². The Balaban J connectivity index is 2.24. The van der Waals surface area contributed by atoms with E-state index in [0.717, 1.165) is 18.8 Å². The molecule has 0 aliphatic heterocycles. The average molecular weight is 180 g/mol. The standard InChI is InChI=1S/C12H20O/c1-9-8-12(2,13)7-6-10-4-3-5-11(9)10/h10,13H,3-8H2,1-2H3/t10-,12+/m1/s1. The number of fused-ring (bicyclic) bond motifs is 1. The van der Waals surface area contributed by atoms with Crippen molar-refractivity contribution in [1.82, 2.24) is 0 Å². The van der Waals surface area contributed by atoms with Gasteiger partial charge in [-0.15, -0.1) is 0 Å². The van der Waals surface area contributed by atoms with Crippen LogP contribution >= 0.6 is 0 Å². The molecule has 0 spiro atoms. The maximum absolute atomic E-state index is 10.0. The minimum absolute atomic E-state index is 0.429. The monoisotopic (exact) mass is 180 g/mol. The van der Waals surface area contributed by atoms with Crippen molar-refractivity contribution in [3.05, 3.63) is 11.1 Å². The summed E-state index contributed by atoms with van der Waals surface area (Å²) in [5.41, 5.74) is 2.73. The van der Waals surface area contributed by atoms with Gasteiger partial charge in [0, 0.05) is 0 Å². The predicted octanol–water partition coefficient (Wildman–Crippen LogP) is 3.04. The zero-order valence-electron chi connectivity index (χ0n) is 8.77. The Kier molecular flexibility index (Phi) is 2.23. The second kappa shape index (κ2) is 3.13. The van der Waals surface area contributed by atoms with Crippen LogP contribution in [0.25, 0.3) is 0 Å². The van der Waals surface area contributed by atoms with Gasteiger partial charge in [-0.05, 0) is 58.3 Å². The molecular weight excluding hydrogens is 160 g/mol. The lowest BCUT2D eigenvalue weighted by atomic mass is 9.93. The van der Waals surface area contributed by atoms with Gasteiger partial charge in [-0.1, -0.05) is 11.1 Å². The highest BCUT2D eigenvalue weighted by atomic mass is 16.3. The number of hydrogen-bond donors (Lipinski definition) is 1. The lowest BCUT2D eigenvalue weighted by Gasteiger charge is -2.21. The van der Waals surface area contributed by atoms with E-state index in [0.29, 0.717) is 0 Å². The summed E-state index contributed by atoms with van der Waals surface area (Å²) in [5, 5.41) is 10.0. The van der Waals surface area contributed by atoms with Crippen LogP contribution in [-0.4, -0.2) is 10.7 Å². The van der Waals surface area contributed by atoms with Crippen molar-refractivity contribution >= 4 is 0 Å². The summed E-state index contributed by atoms with van der Waals surface area (Å²) < 4.78 is 0. The molecule has 0 unspecified atom stereocenters. The fraction of sp³-hybridized carbons (Fsp3) is 0.833. The first-order valence-electron chi connectivity index (χ1n) is 5.49. The van der Waals surface area contributed by atoms with E-state index < -0.39 is 5.60 Å². The van der Waals surface area contributed by atoms with Crippen molar-refractivity contribution < 1.29 is 5.11 Å². The summed E-state index contributed by atoms with van der Waals surface area (Å²) >= 11 is 0. The molecule has 2 atom stereocenters. The molecule has 1 heteroatoms. The first-order valence-corrected chi connectivity index (χ1v) is 5.49. The van der Waals surface area contributed by atoms with Gasteiger partial charge in [-0.3, -0.25) is 0 Å². The molecule has 2 aliphatic carbocycles. The fourth-order valence-electron chi connectivity index (χ4n) is 3.06. The van der Waals surface area contributed by atoms with Crippen LogP contribution < -0.4 is 0 Å². The van der Waals surface area contributed by atoms with Crippen molar-refractivity contribution in [2.45, 2.75) is 58.0 Å². The molecule has 0 amide bonds. The SMILES string of the molecule is CC1=C2CCC[C@@H]2CC[C@](C)(O)C1. The topological polar surface area (TPSA) is 20.2 Å². The Morgan fingerprint density at radius 1 is 1.38 bits per heavy atom. The maximum atomic E-state index is 10.0. The van der Waals surface area contributed by atoms with Crippen molar-refractivity contribution in [2.75, 3.05) is 0 Å². The van der Waals surface area contributed by atoms with E-state index in [1.165, 1.54) is 31.3 Å². The fourth-order valence-corrected chi connectivity index (χ4v) is 3.06. The molecule has 1 N–H and O–H groups in total. The van der Waals surface area contributed by atoms with Gasteiger partial charge in [0.2, 0.25) is 0 Å². The normalized spacial score (nSPS) is 40.4. The first kappa shape index (κ1) is 9.26. The van der Waals surface area contributed by atoms with Crippen molar-refractivity contribution in [1.29, 1.82) is 0 Å². The minimum Gasteiger partial charge on any atom is -0.390 e. The summed E-state index contributed by atoms with van der Waals surface area (Å²) in [4.78, 5) is 0. The van der Waals surface area contributed by atoms with Crippen LogP contribution in [-0.2, 0) is 0 Å². The smallest absolute Gasteiger partial charge is 0.0656 e. The lowest BCUT2D eigenvalue weighted by molar-refractivity contribution is 0.0492. The highest BCUT2D eigenvalue weighted by Crippen LogP contribution is 2.42. The molecule has 0 saturated heterocycles. The highest BCUT2D eigenvalue weighted by Gasteiger charge is 2.31. The molecule has 0 aromatic rings. The molecule has 0 radical (unpaired) electrons. The van der Waals surface area contributed by atoms with Gasteiger partial charge in [0.05, 0.1) is 5.60 Å². The number of aliphatic hydroxyl groups is 1. The molecule has 0 aromatic carbocycles. The first-order chi connectivity index (χ1) is 6.08. The molecular formula is C12H20O. The third kappa shape index (κ3) is 1.80. The second-order valence-corrected chi connectivity index (χ2v) is 5.11. The quantitative estimate of drug-likeness (QED) is 0.568. The third-order valence-corrected chi connectivity index (χ3v) is 3.72. The van der Waals surface area contributed by atoms with E-state index in [1.807, 2.05) is 6.92 Å². The van der Waals surface area contributed by atoms with Crippen LogP contribution in [0, 0.1) is 5.92 Å². The van der Waals surface area contributed by atoms with Gasteiger partial charge in [0.25, 0.3) is 0 Å². The summed E-state index contributed by atoms with van der Waals surface area (Å²) in [6.45, 7) is 4.20. The Bertz CT molecular complexity index is 238. The Labute approximate surface area is 80.8 Å². The minimum atomic E-state index is -0.429. The van der Waals surface area contributed by atoms with Crippen LogP contribution in [0.2, 0.25) is 0 Å². The van der Waals surface area contributed by atoms with Gasteiger partial charge >= 0.3 is 0 Å². The van der Waals surface area contributed by atoms with Crippen LogP contribution in [0.1, 0.15) is 52.4 Å². The van der Waals surface area contributed by atoms with Gasteiger partial charge in [0.15, 0.2) is 0 Å². The van der Waals surface area contributed by atoms with Gasteiger partial charge < -0.3 is 5.11 Å². The molecule has 13 heavy (non-hydrogen) atoms. The van der Waals surface area contributed by atoms with E-state index in [1.54, 1.807) is 5.57 Å². The summed E-state index contributed by atoms with van der Waals surface area (Å²) in [7, 11) is 0. The molecule has 0 bridgehead atoms. The predicted molar refractivity (Wildman–Crippen MR) is 54.5 cm³/mol. The molecule has 74 valence electrons. The van der Waals surface area contributed by atoms with Crippen molar-refractivity contribution in [3.8, 4) is 0 Å². The van der Waals surface area contributed by atoms with E-state index in [-0.39, 0.29) is 0 Å². The van der Waals surface area contributed by atoms with Crippen molar-refractivity contribution in [2.24, 2.45) is 5.92 Å². The molecule has 0 aromatic heterocycles. The number of hydrogen-bond acceptors (Lipinski definition) is 1. The van der Waals surface area contributed by atoms with Gasteiger partial charge in [-0.25, -0.2) is 0 Å². The molecule has 0 heterocycles. The maximum Gasteiger partial charge on any atom is 0.0656 e. The number of rotatable bonds is 0. The summed E-state index contributed by atoms with van der Waals surface area (Å²) in [5.74, 6) is 0.814. The largest absolute Gasteiger partial charge is 0.390 e. The van der Waals surface area contributed by atoms with E-state index >= 15 is 0 Å².